The van der Waals surface area contributed by atoms with Gasteiger partial charge < -0.3 is 15.0 Å². The van der Waals surface area contributed by atoms with Gasteiger partial charge in [0.25, 0.3) is 0 Å². The van der Waals surface area contributed by atoms with Crippen molar-refractivity contribution >= 4 is 13.2 Å². The van der Waals surface area contributed by atoms with Crippen molar-refractivity contribution in [2.75, 3.05) is 0 Å². The second kappa shape index (κ2) is 5.75. The number of aromatic nitrogens is 1. The van der Waals surface area contributed by atoms with Gasteiger partial charge in [0.05, 0.1) is 28.6 Å². The predicted octanol–water partition coefficient (Wildman–Crippen LogP) is 2.91. The molecule has 4 nitrogen and oxygen atoms in total. The Labute approximate surface area is 127 Å². The Hall–Kier alpha value is -1.43. The first-order valence-corrected chi connectivity index (χ1v) is 7.14. The Morgan fingerprint density at radius 1 is 1.24 bits per heavy atom. The zero-order valence-corrected chi connectivity index (χ0v) is 13.2. The fourth-order valence-electron chi connectivity index (χ4n) is 2.01. The third kappa shape index (κ3) is 3.43. The second-order valence-corrected chi connectivity index (χ2v) is 6.23. The van der Waals surface area contributed by atoms with E-state index in [0.717, 1.165) is 11.4 Å². The normalized spacial score (nSPS) is 21.7. The third-order valence-corrected chi connectivity index (χ3v) is 4.08. The van der Waals surface area contributed by atoms with Crippen LogP contribution in [0.4, 0.5) is 0 Å². The molecule has 1 aromatic heterocycles. The average Bonchev–Trinajstić information content (AvgIpc) is 2.64. The van der Waals surface area contributed by atoms with E-state index in [9.17, 15) is 0 Å². The molecule has 112 valence electrons. The third-order valence-electron chi connectivity index (χ3n) is 4.08. The summed E-state index contributed by atoms with van der Waals surface area (Å²) in [5, 5.41) is 0. The highest BCUT2D eigenvalue weighted by Gasteiger charge is 2.49. The number of nitrogens with two attached hydrogens (primary N) is 1. The van der Waals surface area contributed by atoms with Crippen molar-refractivity contribution in [3.05, 3.63) is 48.2 Å². The molecule has 2 rings (SSSR count). The molecule has 1 aliphatic rings. The first kappa shape index (κ1) is 16.0. The van der Waals surface area contributed by atoms with Gasteiger partial charge in [-0.25, -0.2) is 0 Å². The van der Waals surface area contributed by atoms with E-state index in [1.165, 1.54) is 0 Å². The van der Waals surface area contributed by atoms with Crippen LogP contribution in [0, 0.1) is 0 Å². The van der Waals surface area contributed by atoms with Gasteiger partial charge in [-0.05, 0) is 45.9 Å². The maximum absolute atomic E-state index is 5.91. The first-order valence-electron chi connectivity index (χ1n) is 7.14. The minimum Gasteiger partial charge on any atom is -0.400 e. The molecule has 2 heterocycles. The van der Waals surface area contributed by atoms with Gasteiger partial charge in [-0.1, -0.05) is 18.1 Å². The summed E-state index contributed by atoms with van der Waals surface area (Å²) < 4.78 is 11.8. The second-order valence-electron chi connectivity index (χ2n) is 6.23. The standard InChI is InChI=1S/C16H23BN2O2/c1-6-13(18)14-9-7-8-12(19-14)10-11-17-20-15(2,3)16(4,5)21-17/h6-11,13H,1,18H2,2-5H3/b11-10+/t13-/m0/s1. The van der Waals surface area contributed by atoms with Gasteiger partial charge in [-0.3, -0.25) is 4.98 Å². The highest BCUT2D eigenvalue weighted by atomic mass is 16.7. The van der Waals surface area contributed by atoms with E-state index >= 15 is 0 Å². The molecule has 0 radical (unpaired) electrons. The lowest BCUT2D eigenvalue weighted by Gasteiger charge is -2.32. The van der Waals surface area contributed by atoms with Crippen molar-refractivity contribution in [2.45, 2.75) is 44.9 Å². The summed E-state index contributed by atoms with van der Waals surface area (Å²) in [5.41, 5.74) is 6.85. The van der Waals surface area contributed by atoms with E-state index in [2.05, 4.69) is 11.6 Å². The van der Waals surface area contributed by atoms with Crippen molar-refractivity contribution < 1.29 is 9.31 Å². The van der Waals surface area contributed by atoms with Crippen LogP contribution in [0.25, 0.3) is 6.08 Å². The number of nitrogens with zero attached hydrogens (tertiary/aromatic N) is 1. The lowest BCUT2D eigenvalue weighted by molar-refractivity contribution is 0.00578. The molecule has 21 heavy (non-hydrogen) atoms. The van der Waals surface area contributed by atoms with Gasteiger partial charge in [-0.2, -0.15) is 0 Å². The summed E-state index contributed by atoms with van der Waals surface area (Å²) in [7, 11) is -0.367. The van der Waals surface area contributed by atoms with Crippen LogP contribution < -0.4 is 5.73 Å². The fourth-order valence-corrected chi connectivity index (χ4v) is 2.01. The van der Waals surface area contributed by atoms with E-state index in [0.29, 0.717) is 0 Å². The summed E-state index contributed by atoms with van der Waals surface area (Å²) in [6.45, 7) is 11.8. The molecule has 0 aliphatic carbocycles. The van der Waals surface area contributed by atoms with Crippen molar-refractivity contribution in [1.82, 2.24) is 4.98 Å². The quantitative estimate of drug-likeness (QED) is 0.683. The largest absolute Gasteiger partial charge is 0.487 e. The molecule has 0 spiro atoms. The molecular weight excluding hydrogens is 263 g/mol. The van der Waals surface area contributed by atoms with Gasteiger partial charge in [0.15, 0.2) is 0 Å². The topological polar surface area (TPSA) is 57.4 Å². The Bertz CT molecular complexity index is 539. The molecule has 0 unspecified atom stereocenters. The Kier molecular flexibility index (Phi) is 4.37. The van der Waals surface area contributed by atoms with Crippen LogP contribution in [0.2, 0.25) is 0 Å². The highest BCUT2D eigenvalue weighted by Crippen LogP contribution is 2.36. The van der Waals surface area contributed by atoms with E-state index in [1.807, 2.05) is 57.9 Å². The summed E-state index contributed by atoms with van der Waals surface area (Å²) in [4.78, 5) is 4.48. The number of hydrogen-bond acceptors (Lipinski definition) is 4. The molecule has 1 atom stereocenters. The van der Waals surface area contributed by atoms with Gasteiger partial charge in [0.2, 0.25) is 0 Å². The van der Waals surface area contributed by atoms with Gasteiger partial charge in [-0.15, -0.1) is 6.58 Å². The molecule has 1 fully saturated rings. The molecule has 0 aromatic carbocycles. The van der Waals surface area contributed by atoms with Crippen LogP contribution in [0.3, 0.4) is 0 Å². The maximum atomic E-state index is 5.91. The Balaban J connectivity index is 2.11. The van der Waals surface area contributed by atoms with Crippen molar-refractivity contribution in [3.63, 3.8) is 0 Å². The SMILES string of the molecule is C=C[C@H](N)c1cccc(/C=C/B2OC(C)(C)C(C)(C)O2)n1. The molecule has 0 saturated carbocycles. The van der Waals surface area contributed by atoms with Gasteiger partial charge >= 0.3 is 7.12 Å². The Morgan fingerprint density at radius 2 is 1.86 bits per heavy atom. The molecule has 5 heteroatoms. The molecule has 1 aliphatic heterocycles. The van der Waals surface area contributed by atoms with Crippen molar-refractivity contribution in [1.29, 1.82) is 0 Å². The summed E-state index contributed by atoms with van der Waals surface area (Å²) in [6.07, 6.45) is 3.56. The van der Waals surface area contributed by atoms with E-state index in [4.69, 9.17) is 15.0 Å². The zero-order chi connectivity index (χ0) is 15.7. The van der Waals surface area contributed by atoms with Crippen LogP contribution in [0.1, 0.15) is 45.1 Å². The average molecular weight is 286 g/mol. The monoisotopic (exact) mass is 286 g/mol. The summed E-state index contributed by atoms with van der Waals surface area (Å²) >= 11 is 0. The highest BCUT2D eigenvalue weighted by molar-refractivity contribution is 6.52. The summed E-state index contributed by atoms with van der Waals surface area (Å²) in [5.74, 6) is 1.88. The van der Waals surface area contributed by atoms with Crippen LogP contribution in [-0.4, -0.2) is 23.3 Å². The van der Waals surface area contributed by atoms with Gasteiger partial charge in [0, 0.05) is 0 Å². The first-order chi connectivity index (χ1) is 9.75. The van der Waals surface area contributed by atoms with Crippen molar-refractivity contribution in [3.8, 4) is 0 Å². The molecule has 0 amide bonds. The molecule has 2 N–H and O–H groups in total. The maximum Gasteiger partial charge on any atom is 0.487 e. The number of hydrogen-bond donors (Lipinski definition) is 1. The van der Waals surface area contributed by atoms with Gasteiger partial charge in [0.1, 0.15) is 0 Å². The van der Waals surface area contributed by atoms with Crippen LogP contribution >= 0.6 is 0 Å². The zero-order valence-electron chi connectivity index (χ0n) is 13.2. The lowest BCUT2D eigenvalue weighted by atomic mass is 9.89. The number of pyridine rings is 1. The lowest BCUT2D eigenvalue weighted by Crippen LogP contribution is -2.41. The molecule has 1 aromatic rings. The van der Waals surface area contributed by atoms with E-state index < -0.39 is 0 Å². The van der Waals surface area contributed by atoms with E-state index in [1.54, 1.807) is 6.08 Å². The molecule has 0 bridgehead atoms. The smallest absolute Gasteiger partial charge is 0.400 e. The predicted molar refractivity (Wildman–Crippen MR) is 86.5 cm³/mol. The minimum absolute atomic E-state index is 0.254. The Morgan fingerprint density at radius 3 is 2.43 bits per heavy atom. The molecule has 1 saturated heterocycles. The van der Waals surface area contributed by atoms with Crippen LogP contribution in [0.5, 0.6) is 0 Å². The number of rotatable bonds is 4. The fraction of sp³-hybridized carbons (Fsp3) is 0.438. The van der Waals surface area contributed by atoms with E-state index in [-0.39, 0.29) is 24.4 Å². The van der Waals surface area contributed by atoms with Crippen molar-refractivity contribution in [2.24, 2.45) is 5.73 Å². The van der Waals surface area contributed by atoms with Crippen LogP contribution in [0.15, 0.2) is 36.8 Å². The minimum atomic E-state index is -0.367. The summed E-state index contributed by atoms with van der Waals surface area (Å²) in [6, 6.07) is 5.48. The molecular formula is C16H23BN2O2. The van der Waals surface area contributed by atoms with Crippen LogP contribution in [-0.2, 0) is 9.31 Å².